The molecule has 24 heavy (non-hydrogen) atoms. The molecule has 0 aliphatic rings. The molecule has 3 aromatic rings. The minimum Gasteiger partial charge on any atom is -0.231 e. The standard InChI is InChI=1S/C19H16Cl2N2S/c1-3-10-23-18(16-9-6-14(20)11-17(16)21)12-24-19(23)22-15-7-4-13(2)5-8-15/h3-9,11-12H,1,10H2,2H3/p+1. The van der Waals surface area contributed by atoms with Crippen molar-refractivity contribution in [1.82, 2.24) is 0 Å². The predicted octanol–water partition coefficient (Wildman–Crippen LogP) is 6.25. The smallest absolute Gasteiger partial charge is 0.231 e. The van der Waals surface area contributed by atoms with Crippen molar-refractivity contribution in [2.24, 2.45) is 0 Å². The number of anilines is 2. The number of benzene rings is 2. The van der Waals surface area contributed by atoms with Gasteiger partial charge in [0.05, 0.1) is 5.02 Å². The molecule has 122 valence electrons. The number of nitrogens with one attached hydrogen (secondary N) is 1. The average molecular weight is 376 g/mol. The molecule has 0 spiro atoms. The molecule has 0 radical (unpaired) electrons. The van der Waals surface area contributed by atoms with Gasteiger partial charge in [0, 0.05) is 16.0 Å². The minimum absolute atomic E-state index is 0.632. The zero-order valence-electron chi connectivity index (χ0n) is 13.2. The molecule has 1 aromatic heterocycles. The van der Waals surface area contributed by atoms with Gasteiger partial charge >= 0.3 is 5.13 Å². The van der Waals surface area contributed by atoms with E-state index in [0.717, 1.165) is 22.1 Å². The summed E-state index contributed by atoms with van der Waals surface area (Å²) in [5, 5.41) is 7.86. The highest BCUT2D eigenvalue weighted by Crippen LogP contribution is 2.32. The third-order valence-corrected chi connectivity index (χ3v) is 5.07. The monoisotopic (exact) mass is 375 g/mol. The number of nitrogens with zero attached hydrogens (tertiary/aromatic N) is 1. The molecular formula is C19H17Cl2N2S+. The van der Waals surface area contributed by atoms with Gasteiger partial charge in [0.2, 0.25) is 0 Å². The van der Waals surface area contributed by atoms with E-state index in [2.05, 4.69) is 53.0 Å². The van der Waals surface area contributed by atoms with Crippen LogP contribution in [0.4, 0.5) is 10.8 Å². The Kier molecular flexibility index (Phi) is 5.24. The summed E-state index contributed by atoms with van der Waals surface area (Å²) in [6.45, 7) is 6.63. The molecule has 2 nitrogen and oxygen atoms in total. The Bertz CT molecular complexity index is 870. The van der Waals surface area contributed by atoms with E-state index in [9.17, 15) is 0 Å². The summed E-state index contributed by atoms with van der Waals surface area (Å²) in [4.78, 5) is 0. The summed E-state index contributed by atoms with van der Waals surface area (Å²) < 4.78 is 2.16. The highest BCUT2D eigenvalue weighted by Gasteiger charge is 2.20. The molecule has 0 saturated heterocycles. The molecule has 0 aliphatic heterocycles. The van der Waals surface area contributed by atoms with Crippen molar-refractivity contribution in [3.8, 4) is 11.3 Å². The molecule has 0 aliphatic carbocycles. The van der Waals surface area contributed by atoms with Gasteiger partial charge in [-0.2, -0.15) is 0 Å². The SMILES string of the molecule is C=CC[n+]1c(-c2ccc(Cl)cc2Cl)csc1Nc1ccc(C)cc1. The molecule has 1 heterocycles. The second-order valence-electron chi connectivity index (χ2n) is 5.44. The third-order valence-electron chi connectivity index (χ3n) is 3.64. The van der Waals surface area contributed by atoms with Crippen molar-refractivity contribution in [3.63, 3.8) is 0 Å². The molecule has 0 fully saturated rings. The van der Waals surface area contributed by atoms with Crippen LogP contribution in [0.2, 0.25) is 10.0 Å². The van der Waals surface area contributed by atoms with E-state index in [1.165, 1.54) is 5.56 Å². The van der Waals surface area contributed by atoms with Gasteiger partial charge in [-0.1, -0.05) is 64.9 Å². The summed E-state index contributed by atoms with van der Waals surface area (Å²) in [6, 6.07) is 13.9. The van der Waals surface area contributed by atoms with Crippen LogP contribution in [0.3, 0.4) is 0 Å². The fourth-order valence-electron chi connectivity index (χ4n) is 2.42. The van der Waals surface area contributed by atoms with E-state index in [-0.39, 0.29) is 0 Å². The lowest BCUT2D eigenvalue weighted by Crippen LogP contribution is -2.35. The van der Waals surface area contributed by atoms with Crippen LogP contribution in [0.5, 0.6) is 0 Å². The number of allylic oxidation sites excluding steroid dienone is 1. The van der Waals surface area contributed by atoms with Crippen LogP contribution >= 0.6 is 34.5 Å². The number of hydrogen-bond donors (Lipinski definition) is 1. The Balaban J connectivity index is 2.01. The second kappa shape index (κ2) is 7.39. The Labute approximate surface area is 156 Å². The summed E-state index contributed by atoms with van der Waals surface area (Å²) in [6.07, 6.45) is 1.88. The number of aryl methyl sites for hydroxylation is 1. The maximum absolute atomic E-state index is 6.38. The number of aromatic nitrogens is 1. The number of halogens is 2. The highest BCUT2D eigenvalue weighted by molar-refractivity contribution is 7.13. The largest absolute Gasteiger partial charge is 0.339 e. The van der Waals surface area contributed by atoms with Gasteiger partial charge in [0.15, 0.2) is 0 Å². The van der Waals surface area contributed by atoms with E-state index in [1.54, 1.807) is 17.4 Å². The molecule has 5 heteroatoms. The lowest BCUT2D eigenvalue weighted by Gasteiger charge is -2.06. The van der Waals surface area contributed by atoms with E-state index >= 15 is 0 Å². The normalized spacial score (nSPS) is 10.6. The summed E-state index contributed by atoms with van der Waals surface area (Å²) >= 11 is 14.0. The number of hydrogen-bond acceptors (Lipinski definition) is 2. The maximum Gasteiger partial charge on any atom is 0.339 e. The van der Waals surface area contributed by atoms with Gasteiger partial charge < -0.3 is 0 Å². The van der Waals surface area contributed by atoms with Crippen LogP contribution in [0.25, 0.3) is 11.3 Å². The van der Waals surface area contributed by atoms with E-state index < -0.39 is 0 Å². The molecule has 0 unspecified atom stereocenters. The first kappa shape index (κ1) is 17.0. The first-order valence-electron chi connectivity index (χ1n) is 7.50. The Morgan fingerprint density at radius 3 is 2.58 bits per heavy atom. The Morgan fingerprint density at radius 1 is 1.17 bits per heavy atom. The van der Waals surface area contributed by atoms with Gasteiger partial charge in [0.25, 0.3) is 0 Å². The van der Waals surface area contributed by atoms with Crippen molar-refractivity contribution in [3.05, 3.63) is 76.1 Å². The van der Waals surface area contributed by atoms with Crippen molar-refractivity contribution in [2.75, 3.05) is 5.32 Å². The molecule has 3 rings (SSSR count). The van der Waals surface area contributed by atoms with Crippen LogP contribution in [0.15, 0.2) is 60.5 Å². The predicted molar refractivity (Wildman–Crippen MR) is 105 cm³/mol. The van der Waals surface area contributed by atoms with Crippen molar-refractivity contribution in [1.29, 1.82) is 0 Å². The quantitative estimate of drug-likeness (QED) is 0.411. The first-order chi connectivity index (χ1) is 11.6. The van der Waals surface area contributed by atoms with Gasteiger partial charge in [-0.15, -0.1) is 0 Å². The van der Waals surface area contributed by atoms with Crippen LogP contribution in [-0.4, -0.2) is 0 Å². The van der Waals surface area contributed by atoms with Crippen LogP contribution < -0.4 is 9.88 Å². The molecule has 0 atom stereocenters. The fraction of sp³-hybridized carbons (Fsp3) is 0.105. The highest BCUT2D eigenvalue weighted by atomic mass is 35.5. The molecule has 1 N–H and O–H groups in total. The maximum atomic E-state index is 6.38. The van der Waals surface area contributed by atoms with Crippen LogP contribution in [0.1, 0.15) is 5.56 Å². The molecule has 0 amide bonds. The molecule has 2 aromatic carbocycles. The molecular weight excluding hydrogens is 359 g/mol. The van der Waals surface area contributed by atoms with Gasteiger partial charge in [-0.05, 0) is 37.3 Å². The van der Waals surface area contributed by atoms with Crippen molar-refractivity contribution < 1.29 is 4.57 Å². The average Bonchev–Trinajstić information content (AvgIpc) is 2.93. The van der Waals surface area contributed by atoms with Gasteiger partial charge in [-0.25, -0.2) is 9.88 Å². The Hall–Kier alpha value is -1.81. The van der Waals surface area contributed by atoms with Gasteiger partial charge in [0.1, 0.15) is 17.9 Å². The number of rotatable bonds is 5. The third kappa shape index (κ3) is 3.64. The second-order valence-corrected chi connectivity index (χ2v) is 7.14. The zero-order valence-corrected chi connectivity index (χ0v) is 15.6. The number of thiazole rings is 1. The first-order valence-corrected chi connectivity index (χ1v) is 9.13. The van der Waals surface area contributed by atoms with E-state index in [0.29, 0.717) is 16.6 Å². The lowest BCUT2D eigenvalue weighted by molar-refractivity contribution is -0.657. The lowest BCUT2D eigenvalue weighted by atomic mass is 10.1. The Morgan fingerprint density at radius 2 is 1.92 bits per heavy atom. The summed E-state index contributed by atoms with van der Waals surface area (Å²) in [5.74, 6) is 0. The van der Waals surface area contributed by atoms with Crippen molar-refractivity contribution >= 4 is 45.4 Å². The van der Waals surface area contributed by atoms with Crippen molar-refractivity contribution in [2.45, 2.75) is 13.5 Å². The zero-order chi connectivity index (χ0) is 17.1. The van der Waals surface area contributed by atoms with Crippen LogP contribution in [0, 0.1) is 6.92 Å². The summed E-state index contributed by atoms with van der Waals surface area (Å²) in [7, 11) is 0. The fourth-order valence-corrected chi connectivity index (χ4v) is 3.88. The van der Waals surface area contributed by atoms with Crippen LogP contribution in [-0.2, 0) is 6.54 Å². The molecule has 0 bridgehead atoms. The molecule has 0 saturated carbocycles. The minimum atomic E-state index is 0.632. The summed E-state index contributed by atoms with van der Waals surface area (Å²) in [5.41, 5.74) is 4.28. The van der Waals surface area contributed by atoms with Gasteiger partial charge in [-0.3, -0.25) is 0 Å². The van der Waals surface area contributed by atoms with E-state index in [4.69, 9.17) is 23.2 Å². The topological polar surface area (TPSA) is 15.9 Å². The van der Waals surface area contributed by atoms with E-state index in [1.807, 2.05) is 18.2 Å².